The largest absolute Gasteiger partial charge is 0.393 e. The van der Waals surface area contributed by atoms with Crippen LogP contribution in [0.15, 0.2) is 0 Å². The van der Waals surface area contributed by atoms with Crippen LogP contribution in [0.3, 0.4) is 0 Å². The van der Waals surface area contributed by atoms with Gasteiger partial charge in [0.05, 0.1) is 19.8 Å². The molecule has 1 fully saturated rings. The lowest BCUT2D eigenvalue weighted by Crippen LogP contribution is -2.35. The first-order valence-corrected chi connectivity index (χ1v) is 4.23. The summed E-state index contributed by atoms with van der Waals surface area (Å²) in [6, 6.07) is 0. The van der Waals surface area contributed by atoms with Crippen molar-refractivity contribution in [2.24, 2.45) is 0 Å². The van der Waals surface area contributed by atoms with Crippen LogP contribution in [-0.2, 0) is 4.74 Å². The summed E-state index contributed by atoms with van der Waals surface area (Å²) >= 11 is 0. The van der Waals surface area contributed by atoms with E-state index in [1.807, 2.05) is 6.92 Å². The van der Waals surface area contributed by atoms with E-state index >= 15 is 0 Å². The molecule has 1 aliphatic heterocycles. The molecule has 0 radical (unpaired) electrons. The van der Waals surface area contributed by atoms with Crippen molar-refractivity contribution in [1.82, 2.24) is 0 Å². The van der Waals surface area contributed by atoms with Crippen LogP contribution in [0.4, 0.5) is 0 Å². The summed E-state index contributed by atoms with van der Waals surface area (Å²) in [4.78, 5) is 0. The molecule has 1 heterocycles. The molecule has 3 N–H and O–H groups in total. The lowest BCUT2D eigenvalue weighted by atomic mass is 9.90. The normalized spacial score (nSPS) is 32.0. The highest BCUT2D eigenvalue weighted by Gasteiger charge is 2.68. The molecule has 4 heteroatoms. The molecule has 0 amide bonds. The van der Waals surface area contributed by atoms with Crippen molar-refractivity contribution in [2.45, 2.75) is 31.0 Å². The quantitative estimate of drug-likeness (QED) is 0.483. The molecule has 0 aromatic heterocycles. The minimum absolute atomic E-state index is 0.137. The van der Waals surface area contributed by atoms with Gasteiger partial charge in [-0.25, -0.2) is 0 Å². The van der Waals surface area contributed by atoms with Crippen molar-refractivity contribution >= 4 is 0 Å². The molecule has 0 aromatic carbocycles. The van der Waals surface area contributed by atoms with Gasteiger partial charge in [-0.2, -0.15) is 0 Å². The molecule has 0 aromatic rings. The van der Waals surface area contributed by atoms with E-state index in [0.717, 1.165) is 6.42 Å². The fourth-order valence-electron chi connectivity index (χ4n) is 1.69. The third-order valence-electron chi connectivity index (χ3n) is 2.60. The predicted octanol–water partition coefficient (Wildman–Crippen LogP) is -0.729. The second-order valence-corrected chi connectivity index (χ2v) is 3.31. The molecule has 0 bridgehead atoms. The molecule has 1 atom stereocenters. The van der Waals surface area contributed by atoms with Crippen molar-refractivity contribution in [3.05, 3.63) is 0 Å². The van der Waals surface area contributed by atoms with E-state index in [-0.39, 0.29) is 19.8 Å². The second kappa shape index (κ2) is 3.30. The van der Waals surface area contributed by atoms with Gasteiger partial charge in [0.2, 0.25) is 0 Å². The van der Waals surface area contributed by atoms with E-state index in [4.69, 9.17) is 20.1 Å². The Labute approximate surface area is 71.8 Å². The van der Waals surface area contributed by atoms with Gasteiger partial charge in [-0.3, -0.25) is 0 Å². The lowest BCUT2D eigenvalue weighted by Gasteiger charge is -2.13. The van der Waals surface area contributed by atoms with Crippen LogP contribution in [0, 0.1) is 0 Å². The first-order valence-electron chi connectivity index (χ1n) is 4.23. The van der Waals surface area contributed by atoms with Gasteiger partial charge in [0.1, 0.15) is 11.2 Å². The van der Waals surface area contributed by atoms with Crippen LogP contribution < -0.4 is 0 Å². The Morgan fingerprint density at radius 2 is 1.50 bits per heavy atom. The molecule has 1 unspecified atom stereocenters. The Kier molecular flexibility index (Phi) is 2.73. The molecule has 72 valence electrons. The second-order valence-electron chi connectivity index (χ2n) is 3.31. The zero-order chi connectivity index (χ0) is 9.24. The average Bonchev–Trinajstić information content (AvgIpc) is 2.76. The number of rotatable bonds is 5. The van der Waals surface area contributed by atoms with Crippen molar-refractivity contribution in [3.63, 3.8) is 0 Å². The molecule has 4 nitrogen and oxygen atoms in total. The van der Waals surface area contributed by atoms with Gasteiger partial charge in [0, 0.05) is 0 Å². The van der Waals surface area contributed by atoms with Crippen LogP contribution in [0.25, 0.3) is 0 Å². The average molecular weight is 176 g/mol. The van der Waals surface area contributed by atoms with Crippen LogP contribution >= 0.6 is 0 Å². The third kappa shape index (κ3) is 1.15. The van der Waals surface area contributed by atoms with E-state index in [9.17, 15) is 0 Å². The van der Waals surface area contributed by atoms with Crippen LogP contribution in [-0.4, -0.2) is 46.3 Å². The Morgan fingerprint density at radius 3 is 1.75 bits per heavy atom. The summed E-state index contributed by atoms with van der Waals surface area (Å²) in [5.74, 6) is 0. The Hall–Kier alpha value is -0.160. The monoisotopic (exact) mass is 176 g/mol. The molecule has 0 aliphatic carbocycles. The van der Waals surface area contributed by atoms with Gasteiger partial charge < -0.3 is 20.1 Å². The molecule has 1 saturated heterocycles. The highest BCUT2D eigenvalue weighted by atomic mass is 16.7. The van der Waals surface area contributed by atoms with E-state index in [1.54, 1.807) is 0 Å². The number of epoxide rings is 1. The summed E-state index contributed by atoms with van der Waals surface area (Å²) in [6.45, 7) is 1.37. The van der Waals surface area contributed by atoms with E-state index < -0.39 is 11.2 Å². The molecular formula is C8H16O4. The highest BCUT2D eigenvalue weighted by molar-refractivity contribution is 5.15. The molecule has 0 spiro atoms. The summed E-state index contributed by atoms with van der Waals surface area (Å²) in [5, 5.41) is 26.9. The summed E-state index contributed by atoms with van der Waals surface area (Å²) in [7, 11) is 0. The van der Waals surface area contributed by atoms with Crippen LogP contribution in [0.1, 0.15) is 19.8 Å². The van der Waals surface area contributed by atoms with Crippen molar-refractivity contribution in [2.75, 3.05) is 19.8 Å². The van der Waals surface area contributed by atoms with Crippen LogP contribution in [0.2, 0.25) is 0 Å². The zero-order valence-corrected chi connectivity index (χ0v) is 7.29. The fourth-order valence-corrected chi connectivity index (χ4v) is 1.69. The Bertz CT molecular complexity index is 155. The summed E-state index contributed by atoms with van der Waals surface area (Å²) < 4.78 is 5.23. The van der Waals surface area contributed by atoms with Crippen LogP contribution in [0.5, 0.6) is 0 Å². The smallest absolute Gasteiger partial charge is 0.146 e. The van der Waals surface area contributed by atoms with Crippen molar-refractivity contribution in [1.29, 1.82) is 0 Å². The predicted molar refractivity (Wildman–Crippen MR) is 42.7 cm³/mol. The first kappa shape index (κ1) is 9.92. The molecule has 0 saturated carbocycles. The minimum Gasteiger partial charge on any atom is -0.393 e. The van der Waals surface area contributed by atoms with Gasteiger partial charge in [-0.1, -0.05) is 13.3 Å². The number of hydrogen-bond acceptors (Lipinski definition) is 4. The maximum Gasteiger partial charge on any atom is 0.146 e. The van der Waals surface area contributed by atoms with E-state index in [2.05, 4.69) is 0 Å². The summed E-state index contributed by atoms with van der Waals surface area (Å²) in [6.07, 6.45) is 1.53. The Morgan fingerprint density at radius 1 is 1.00 bits per heavy atom. The topological polar surface area (TPSA) is 73.2 Å². The number of aliphatic hydroxyl groups is 3. The van der Waals surface area contributed by atoms with Gasteiger partial charge in [-0.15, -0.1) is 0 Å². The first-order chi connectivity index (χ1) is 5.70. The highest BCUT2D eigenvalue weighted by Crippen LogP contribution is 2.50. The number of aliphatic hydroxyl groups excluding tert-OH is 3. The SMILES string of the molecule is CCCC1(CO)OC1(CO)CO. The van der Waals surface area contributed by atoms with Crippen molar-refractivity contribution in [3.8, 4) is 0 Å². The fraction of sp³-hybridized carbons (Fsp3) is 1.00. The van der Waals surface area contributed by atoms with E-state index in [1.165, 1.54) is 0 Å². The zero-order valence-electron chi connectivity index (χ0n) is 7.29. The third-order valence-corrected chi connectivity index (χ3v) is 2.60. The lowest BCUT2D eigenvalue weighted by molar-refractivity contribution is 0.108. The standard InChI is InChI=1S/C8H16O4/c1-2-3-7(4-9)8(5-10,6-11)12-7/h9-11H,2-6H2,1H3. The van der Waals surface area contributed by atoms with Gasteiger partial charge >= 0.3 is 0 Å². The van der Waals surface area contributed by atoms with E-state index in [0.29, 0.717) is 6.42 Å². The maximum absolute atomic E-state index is 9.04. The van der Waals surface area contributed by atoms with Crippen molar-refractivity contribution < 1.29 is 20.1 Å². The Balaban J connectivity index is 2.62. The molecular weight excluding hydrogens is 160 g/mol. The van der Waals surface area contributed by atoms with Gasteiger partial charge in [0.25, 0.3) is 0 Å². The summed E-state index contributed by atoms with van der Waals surface area (Å²) in [5.41, 5.74) is -1.58. The molecule has 1 aliphatic rings. The number of hydrogen-bond donors (Lipinski definition) is 3. The maximum atomic E-state index is 9.04. The van der Waals surface area contributed by atoms with Gasteiger partial charge in [0.15, 0.2) is 0 Å². The van der Waals surface area contributed by atoms with Gasteiger partial charge in [-0.05, 0) is 6.42 Å². The molecule has 12 heavy (non-hydrogen) atoms. The molecule has 1 rings (SSSR count). The number of ether oxygens (including phenoxy) is 1. The minimum atomic E-state index is -0.891.